The van der Waals surface area contributed by atoms with E-state index in [1.54, 1.807) is 0 Å². The number of alkyl halides is 3. The first-order chi connectivity index (χ1) is 15.6. The molecule has 3 N–H and O–H groups in total. The second-order valence-electron chi connectivity index (χ2n) is 8.74. The van der Waals surface area contributed by atoms with Crippen LogP contribution >= 0.6 is 47.0 Å². The number of benzene rings is 1. The minimum absolute atomic E-state index is 0.163. The average molecular weight is 537 g/mol. The van der Waals surface area contributed by atoms with Gasteiger partial charge in [0, 0.05) is 12.1 Å². The van der Waals surface area contributed by atoms with Crippen LogP contribution in [-0.4, -0.2) is 21.0 Å². The highest BCUT2D eigenvalue weighted by Gasteiger charge is 2.34. The number of hydrogen-bond donors (Lipinski definition) is 3. The third kappa shape index (κ3) is 14.3. The molecule has 4 nitrogen and oxygen atoms in total. The molecule has 0 fully saturated rings. The number of amides is 1. The van der Waals surface area contributed by atoms with Gasteiger partial charge in [0.15, 0.2) is 5.11 Å². The quantitative estimate of drug-likeness (QED) is 0.0917. The molecule has 1 aromatic rings. The Hall–Kier alpha value is -0.750. The largest absolute Gasteiger partial charge is 0.339 e. The molecule has 0 radical (unpaired) electrons. The van der Waals surface area contributed by atoms with Crippen LogP contribution in [0.5, 0.6) is 0 Å². The number of nitrogens with one attached hydrogen (secondary N) is 3. The van der Waals surface area contributed by atoms with Crippen molar-refractivity contribution in [2.24, 2.45) is 0 Å². The second kappa shape index (κ2) is 16.8. The van der Waals surface area contributed by atoms with Crippen LogP contribution in [0.25, 0.3) is 0 Å². The molecule has 0 aliphatic carbocycles. The Kier molecular flexibility index (Phi) is 15.4. The second-order valence-corrected chi connectivity index (χ2v) is 11.5. The van der Waals surface area contributed by atoms with E-state index in [1.807, 2.05) is 32.0 Å². The summed E-state index contributed by atoms with van der Waals surface area (Å²) in [5.41, 5.74) is 3.06. The predicted octanol–water partition coefficient (Wildman–Crippen LogP) is 8.10. The van der Waals surface area contributed by atoms with Crippen molar-refractivity contribution in [2.75, 3.05) is 5.32 Å². The summed E-state index contributed by atoms with van der Waals surface area (Å²) in [5.74, 6) is -0.163. The van der Waals surface area contributed by atoms with Gasteiger partial charge >= 0.3 is 0 Å². The van der Waals surface area contributed by atoms with Gasteiger partial charge in [-0.3, -0.25) is 4.79 Å². The number of hydrogen-bond acceptors (Lipinski definition) is 2. The molecule has 0 unspecified atom stereocenters. The number of anilines is 1. The first kappa shape index (κ1) is 30.3. The standard InChI is InChI=1S/C25H40Cl3N3OS/c1-4-5-6-7-8-9-10-11-12-13-14-15-22(32)30-23(25(26,27)28)31-24(33)29-21-17-16-19(2)18-20(21)3/h16-18,23H,4-15H2,1-3H3,(H,30,32)(H2,29,31,33)/t23-/m0/s1. The summed E-state index contributed by atoms with van der Waals surface area (Å²) in [7, 11) is 0. The van der Waals surface area contributed by atoms with Gasteiger partial charge < -0.3 is 16.0 Å². The van der Waals surface area contributed by atoms with Gasteiger partial charge in [-0.1, -0.05) is 124 Å². The van der Waals surface area contributed by atoms with E-state index in [1.165, 1.54) is 51.4 Å². The van der Waals surface area contributed by atoms with Crippen molar-refractivity contribution in [3.8, 4) is 0 Å². The van der Waals surface area contributed by atoms with E-state index in [0.29, 0.717) is 6.42 Å². The molecule has 1 atom stereocenters. The summed E-state index contributed by atoms with van der Waals surface area (Å²) in [5, 5.41) is 9.04. The van der Waals surface area contributed by atoms with Gasteiger partial charge in [-0.15, -0.1) is 0 Å². The van der Waals surface area contributed by atoms with Gasteiger partial charge in [-0.05, 0) is 44.1 Å². The number of halogens is 3. The molecule has 0 aromatic heterocycles. The van der Waals surface area contributed by atoms with Crippen molar-refractivity contribution in [1.82, 2.24) is 10.6 Å². The fourth-order valence-corrected chi connectivity index (χ4v) is 4.18. The Labute approximate surface area is 220 Å². The molecule has 188 valence electrons. The number of thiocarbonyl (C=S) groups is 1. The highest BCUT2D eigenvalue weighted by Crippen LogP contribution is 2.29. The first-order valence-electron chi connectivity index (χ1n) is 12.1. The Morgan fingerprint density at radius 2 is 1.45 bits per heavy atom. The van der Waals surface area contributed by atoms with Crippen molar-refractivity contribution in [3.05, 3.63) is 29.3 Å². The maximum atomic E-state index is 12.4. The molecular formula is C25H40Cl3N3OS. The van der Waals surface area contributed by atoms with Crippen LogP contribution in [0, 0.1) is 13.8 Å². The maximum Gasteiger partial charge on any atom is 0.228 e. The number of unbranched alkanes of at least 4 members (excludes halogenated alkanes) is 10. The highest BCUT2D eigenvalue weighted by atomic mass is 35.6. The van der Waals surface area contributed by atoms with Crippen LogP contribution in [0.2, 0.25) is 0 Å². The third-order valence-corrected chi connectivity index (χ3v) is 6.42. The van der Waals surface area contributed by atoms with Gasteiger partial charge in [0.2, 0.25) is 9.70 Å². The zero-order valence-electron chi connectivity index (χ0n) is 20.2. The van der Waals surface area contributed by atoms with Crippen LogP contribution < -0.4 is 16.0 Å². The van der Waals surface area contributed by atoms with E-state index < -0.39 is 9.96 Å². The lowest BCUT2D eigenvalue weighted by Gasteiger charge is -2.28. The lowest BCUT2D eigenvalue weighted by atomic mass is 10.1. The van der Waals surface area contributed by atoms with Crippen molar-refractivity contribution in [1.29, 1.82) is 0 Å². The van der Waals surface area contributed by atoms with Crippen LogP contribution in [0.3, 0.4) is 0 Å². The highest BCUT2D eigenvalue weighted by molar-refractivity contribution is 7.80. The fraction of sp³-hybridized carbons (Fsp3) is 0.680. The summed E-state index contributed by atoms with van der Waals surface area (Å²) in [6.45, 7) is 6.25. The SMILES string of the molecule is CCCCCCCCCCCCCC(=O)N[C@@H](NC(=S)Nc1ccc(C)cc1C)C(Cl)(Cl)Cl. The average Bonchev–Trinajstić information content (AvgIpc) is 2.73. The lowest BCUT2D eigenvalue weighted by Crippen LogP contribution is -2.56. The fourth-order valence-electron chi connectivity index (χ4n) is 3.63. The van der Waals surface area contributed by atoms with E-state index in [-0.39, 0.29) is 11.0 Å². The monoisotopic (exact) mass is 535 g/mol. The summed E-state index contributed by atoms with van der Waals surface area (Å²) in [6.07, 6.45) is 13.0. The van der Waals surface area contributed by atoms with Gasteiger partial charge in [-0.25, -0.2) is 0 Å². The Balaban J connectivity index is 2.30. The number of aryl methyl sites for hydroxylation is 2. The van der Waals surface area contributed by atoms with Gasteiger partial charge in [-0.2, -0.15) is 0 Å². The van der Waals surface area contributed by atoms with E-state index in [4.69, 9.17) is 47.0 Å². The molecule has 33 heavy (non-hydrogen) atoms. The van der Waals surface area contributed by atoms with Crippen molar-refractivity contribution in [2.45, 2.75) is 108 Å². The topological polar surface area (TPSA) is 53.2 Å². The summed E-state index contributed by atoms with van der Waals surface area (Å²) >= 11 is 23.6. The minimum Gasteiger partial charge on any atom is -0.339 e. The van der Waals surface area contributed by atoms with Crippen molar-refractivity contribution in [3.63, 3.8) is 0 Å². The molecule has 1 rings (SSSR count). The summed E-state index contributed by atoms with van der Waals surface area (Å²) in [4.78, 5) is 12.4. The van der Waals surface area contributed by atoms with Crippen LogP contribution in [0.15, 0.2) is 18.2 Å². The number of rotatable bonds is 15. The van der Waals surface area contributed by atoms with E-state index in [9.17, 15) is 4.79 Å². The van der Waals surface area contributed by atoms with Crippen LogP contribution in [0.4, 0.5) is 5.69 Å². The van der Waals surface area contributed by atoms with E-state index in [2.05, 4.69) is 22.9 Å². The molecule has 1 aromatic carbocycles. The predicted molar refractivity (Wildman–Crippen MR) is 149 cm³/mol. The third-order valence-electron chi connectivity index (χ3n) is 5.55. The van der Waals surface area contributed by atoms with Gasteiger partial charge in [0.25, 0.3) is 0 Å². The smallest absolute Gasteiger partial charge is 0.228 e. The first-order valence-corrected chi connectivity index (χ1v) is 13.7. The van der Waals surface area contributed by atoms with Crippen LogP contribution in [-0.2, 0) is 4.79 Å². The molecular weight excluding hydrogens is 497 g/mol. The molecule has 0 bridgehead atoms. The summed E-state index contributed by atoms with van der Waals surface area (Å²) < 4.78 is -1.75. The Morgan fingerprint density at radius 1 is 0.909 bits per heavy atom. The minimum atomic E-state index is -1.75. The molecule has 1 amide bonds. The van der Waals surface area contributed by atoms with Crippen LogP contribution in [0.1, 0.15) is 95.1 Å². The molecule has 8 heteroatoms. The van der Waals surface area contributed by atoms with Crippen molar-refractivity contribution < 1.29 is 4.79 Å². The number of carbonyl (C=O) groups excluding carboxylic acids is 1. The van der Waals surface area contributed by atoms with Crippen molar-refractivity contribution >= 4 is 63.7 Å². The summed E-state index contributed by atoms with van der Waals surface area (Å²) in [6, 6.07) is 5.97. The molecule has 0 spiro atoms. The molecule has 0 heterocycles. The van der Waals surface area contributed by atoms with E-state index in [0.717, 1.165) is 36.1 Å². The normalized spacial score (nSPS) is 12.3. The lowest BCUT2D eigenvalue weighted by molar-refractivity contribution is -0.122. The van der Waals surface area contributed by atoms with Gasteiger partial charge in [0.1, 0.15) is 6.17 Å². The van der Waals surface area contributed by atoms with E-state index >= 15 is 0 Å². The molecule has 0 saturated heterocycles. The zero-order valence-corrected chi connectivity index (χ0v) is 23.3. The number of carbonyl (C=O) groups is 1. The van der Waals surface area contributed by atoms with Gasteiger partial charge in [0.05, 0.1) is 0 Å². The molecule has 0 aliphatic rings. The Morgan fingerprint density at radius 3 is 1.97 bits per heavy atom. The Bertz CT molecular complexity index is 725. The zero-order chi connectivity index (χ0) is 24.7. The molecule has 0 saturated carbocycles. The maximum absolute atomic E-state index is 12.4. The molecule has 0 aliphatic heterocycles.